The summed E-state index contributed by atoms with van der Waals surface area (Å²) in [5, 5.41) is 5.01. The smallest absolute Gasteiger partial charge is 0.325 e. The highest BCUT2D eigenvalue weighted by molar-refractivity contribution is 5.92. The number of rotatable bonds is 6. The van der Waals surface area contributed by atoms with Crippen molar-refractivity contribution in [1.29, 1.82) is 0 Å². The third-order valence-corrected chi connectivity index (χ3v) is 2.53. The molecule has 0 radical (unpaired) electrons. The summed E-state index contributed by atoms with van der Waals surface area (Å²) in [6.07, 6.45) is 0. The number of benzene rings is 1. The van der Waals surface area contributed by atoms with Crippen molar-refractivity contribution in [3.63, 3.8) is 0 Å². The summed E-state index contributed by atoms with van der Waals surface area (Å²) in [5.74, 6) is -0.867. The predicted octanol–water partition coefficient (Wildman–Crippen LogP) is 0.830. The summed E-state index contributed by atoms with van der Waals surface area (Å²) in [6, 6.07) is 8.38. The summed E-state index contributed by atoms with van der Waals surface area (Å²) < 4.78 is 4.73. The summed E-state index contributed by atoms with van der Waals surface area (Å²) >= 11 is 0. The number of esters is 1. The van der Waals surface area contributed by atoms with Crippen molar-refractivity contribution in [2.45, 2.75) is 6.92 Å². The zero-order chi connectivity index (χ0) is 15.7. The minimum absolute atomic E-state index is 0.144. The van der Waals surface area contributed by atoms with Gasteiger partial charge in [-0.1, -0.05) is 18.2 Å². The molecule has 0 aliphatic carbocycles. The molecule has 21 heavy (non-hydrogen) atoms. The molecule has 1 aromatic carbocycles. The number of hydrogen-bond donors (Lipinski definition) is 2. The van der Waals surface area contributed by atoms with Gasteiger partial charge in [-0.05, 0) is 19.1 Å². The quantitative estimate of drug-likeness (QED) is 0.760. The monoisotopic (exact) mass is 293 g/mol. The van der Waals surface area contributed by atoms with Crippen LogP contribution in [0.15, 0.2) is 30.3 Å². The second-order valence-corrected chi connectivity index (χ2v) is 4.23. The Kier molecular flexibility index (Phi) is 6.73. The van der Waals surface area contributed by atoms with Crippen LogP contribution in [0.1, 0.15) is 6.92 Å². The average molecular weight is 293 g/mol. The molecule has 0 saturated heterocycles. The van der Waals surface area contributed by atoms with Gasteiger partial charge in [0.25, 0.3) is 0 Å². The number of carbonyl (C=O) groups is 3. The third-order valence-electron chi connectivity index (χ3n) is 2.53. The van der Waals surface area contributed by atoms with Crippen LogP contribution in [0, 0.1) is 0 Å². The van der Waals surface area contributed by atoms with E-state index in [2.05, 4.69) is 10.6 Å². The van der Waals surface area contributed by atoms with E-state index in [1.54, 1.807) is 31.2 Å². The highest BCUT2D eigenvalue weighted by Crippen LogP contribution is 2.03. The molecule has 3 amide bonds. The number of amides is 3. The normalized spacial score (nSPS) is 9.62. The molecule has 0 saturated carbocycles. The molecule has 0 aliphatic rings. The molecule has 1 aromatic rings. The summed E-state index contributed by atoms with van der Waals surface area (Å²) in [5.41, 5.74) is 0.627. The summed E-state index contributed by atoms with van der Waals surface area (Å²) in [7, 11) is 1.47. The number of carbonyl (C=O) groups excluding carboxylic acids is 3. The number of hydrogen-bond acceptors (Lipinski definition) is 4. The maximum absolute atomic E-state index is 11.7. The van der Waals surface area contributed by atoms with E-state index in [1.807, 2.05) is 6.07 Å². The SMILES string of the molecule is CCOC(=O)CN(C)C(=O)CNC(=O)Nc1ccccc1. The molecule has 0 spiro atoms. The highest BCUT2D eigenvalue weighted by atomic mass is 16.5. The molecule has 0 unspecified atom stereocenters. The second-order valence-electron chi connectivity index (χ2n) is 4.23. The number of likely N-dealkylation sites (N-methyl/N-ethyl adjacent to an activating group) is 1. The first kappa shape index (κ1) is 16.5. The average Bonchev–Trinajstić information content (AvgIpc) is 2.46. The molecule has 114 valence electrons. The van der Waals surface area contributed by atoms with Crippen LogP contribution in [0.5, 0.6) is 0 Å². The molecule has 2 N–H and O–H groups in total. The molecule has 0 bridgehead atoms. The van der Waals surface area contributed by atoms with E-state index in [9.17, 15) is 14.4 Å². The Hall–Kier alpha value is -2.57. The number of nitrogens with one attached hydrogen (secondary N) is 2. The van der Waals surface area contributed by atoms with Crippen LogP contribution < -0.4 is 10.6 Å². The van der Waals surface area contributed by atoms with Gasteiger partial charge >= 0.3 is 12.0 Å². The second kappa shape index (κ2) is 8.57. The molecular weight excluding hydrogens is 274 g/mol. The van der Waals surface area contributed by atoms with Crippen molar-refractivity contribution < 1.29 is 19.1 Å². The lowest BCUT2D eigenvalue weighted by Crippen LogP contribution is -2.41. The van der Waals surface area contributed by atoms with E-state index in [0.717, 1.165) is 0 Å². The maximum Gasteiger partial charge on any atom is 0.325 e. The fourth-order valence-corrected chi connectivity index (χ4v) is 1.48. The van der Waals surface area contributed by atoms with Gasteiger partial charge in [0.1, 0.15) is 6.54 Å². The topological polar surface area (TPSA) is 87.7 Å². The molecule has 1 rings (SSSR count). The predicted molar refractivity (Wildman–Crippen MR) is 77.7 cm³/mol. The molecule has 7 heteroatoms. The van der Waals surface area contributed by atoms with Crippen molar-refractivity contribution in [1.82, 2.24) is 10.2 Å². The lowest BCUT2D eigenvalue weighted by Gasteiger charge is -2.16. The van der Waals surface area contributed by atoms with Gasteiger partial charge in [0.05, 0.1) is 13.2 Å². The lowest BCUT2D eigenvalue weighted by molar-refractivity contribution is -0.147. The van der Waals surface area contributed by atoms with E-state index >= 15 is 0 Å². The van der Waals surface area contributed by atoms with Gasteiger partial charge in [-0.2, -0.15) is 0 Å². The van der Waals surface area contributed by atoms with E-state index in [4.69, 9.17) is 4.74 Å². The Labute approximate surface area is 123 Å². The zero-order valence-electron chi connectivity index (χ0n) is 12.1. The van der Waals surface area contributed by atoms with Crippen molar-refractivity contribution in [3.05, 3.63) is 30.3 Å². The van der Waals surface area contributed by atoms with Crippen LogP contribution in [-0.4, -0.2) is 49.6 Å². The fraction of sp³-hybridized carbons (Fsp3) is 0.357. The number of anilines is 1. The van der Waals surface area contributed by atoms with Gasteiger partial charge in [-0.25, -0.2) is 4.79 Å². The fourth-order valence-electron chi connectivity index (χ4n) is 1.48. The van der Waals surface area contributed by atoms with Crippen LogP contribution in [0.4, 0.5) is 10.5 Å². The number of ether oxygens (including phenoxy) is 1. The summed E-state index contributed by atoms with van der Waals surface area (Å²) in [4.78, 5) is 35.7. The molecule has 7 nitrogen and oxygen atoms in total. The van der Waals surface area contributed by atoms with Crippen molar-refractivity contribution in [3.8, 4) is 0 Å². The molecule has 0 aliphatic heterocycles. The van der Waals surface area contributed by atoms with E-state index in [-0.39, 0.29) is 25.6 Å². The molecule has 0 aromatic heterocycles. The first-order valence-electron chi connectivity index (χ1n) is 6.52. The minimum atomic E-state index is -0.487. The molecule has 0 fully saturated rings. The van der Waals surface area contributed by atoms with Crippen LogP contribution in [-0.2, 0) is 14.3 Å². The van der Waals surface area contributed by atoms with Gasteiger partial charge in [0.15, 0.2) is 0 Å². The first-order valence-corrected chi connectivity index (χ1v) is 6.52. The van der Waals surface area contributed by atoms with Gasteiger partial charge in [0.2, 0.25) is 5.91 Å². The van der Waals surface area contributed by atoms with Crippen molar-refractivity contribution >= 4 is 23.6 Å². The first-order chi connectivity index (χ1) is 10.0. The Morgan fingerprint density at radius 3 is 2.48 bits per heavy atom. The van der Waals surface area contributed by atoms with Gasteiger partial charge in [-0.15, -0.1) is 0 Å². The maximum atomic E-state index is 11.7. The Balaban J connectivity index is 2.32. The van der Waals surface area contributed by atoms with Gasteiger partial charge in [-0.3, -0.25) is 9.59 Å². The summed E-state index contributed by atoms with van der Waals surface area (Å²) in [6.45, 7) is 1.61. The molecular formula is C14H19N3O4. The highest BCUT2D eigenvalue weighted by Gasteiger charge is 2.14. The zero-order valence-corrected chi connectivity index (χ0v) is 12.1. The van der Waals surface area contributed by atoms with Crippen LogP contribution >= 0.6 is 0 Å². The van der Waals surface area contributed by atoms with Crippen molar-refractivity contribution in [2.24, 2.45) is 0 Å². The van der Waals surface area contributed by atoms with Gasteiger partial charge < -0.3 is 20.3 Å². The van der Waals surface area contributed by atoms with Crippen LogP contribution in [0.2, 0.25) is 0 Å². The third kappa shape index (κ3) is 6.42. The molecule has 0 heterocycles. The standard InChI is InChI=1S/C14H19N3O4/c1-3-21-13(19)10-17(2)12(18)9-15-14(20)16-11-7-5-4-6-8-11/h4-8H,3,9-10H2,1-2H3,(H2,15,16,20). The number of nitrogens with zero attached hydrogens (tertiary/aromatic N) is 1. The Bertz CT molecular complexity index is 490. The largest absolute Gasteiger partial charge is 0.465 e. The van der Waals surface area contributed by atoms with Crippen LogP contribution in [0.25, 0.3) is 0 Å². The van der Waals surface area contributed by atoms with E-state index < -0.39 is 12.0 Å². The van der Waals surface area contributed by atoms with Crippen molar-refractivity contribution in [2.75, 3.05) is 32.1 Å². The Morgan fingerprint density at radius 1 is 1.19 bits per heavy atom. The Morgan fingerprint density at radius 2 is 1.86 bits per heavy atom. The van der Waals surface area contributed by atoms with Gasteiger partial charge in [0, 0.05) is 12.7 Å². The number of para-hydroxylation sites is 1. The minimum Gasteiger partial charge on any atom is -0.465 e. The molecule has 0 atom stereocenters. The number of urea groups is 1. The lowest BCUT2D eigenvalue weighted by atomic mass is 10.3. The van der Waals surface area contributed by atoms with Crippen LogP contribution in [0.3, 0.4) is 0 Å². The van der Waals surface area contributed by atoms with E-state index in [0.29, 0.717) is 5.69 Å². The van der Waals surface area contributed by atoms with E-state index in [1.165, 1.54) is 11.9 Å².